The zero-order valence-electron chi connectivity index (χ0n) is 12.7. The fourth-order valence-corrected chi connectivity index (χ4v) is 3.65. The Labute approximate surface area is 144 Å². The van der Waals surface area contributed by atoms with E-state index in [4.69, 9.17) is 16.3 Å². The van der Waals surface area contributed by atoms with Crippen molar-refractivity contribution in [1.29, 1.82) is 0 Å². The molecule has 124 valence electrons. The Kier molecular flexibility index (Phi) is 4.26. The number of ether oxygens (including phenoxy) is 1. The van der Waals surface area contributed by atoms with E-state index < -0.39 is 10.0 Å². The lowest BCUT2D eigenvalue weighted by molar-refractivity contribution is 0.414. The van der Waals surface area contributed by atoms with E-state index >= 15 is 0 Å². The van der Waals surface area contributed by atoms with Crippen LogP contribution in [0.5, 0.6) is 11.5 Å². The molecule has 0 aliphatic carbocycles. The largest absolute Gasteiger partial charge is 0.506 e. The third-order valence-corrected chi connectivity index (χ3v) is 5.25. The first kappa shape index (κ1) is 16.4. The van der Waals surface area contributed by atoms with Crippen LogP contribution in [0.15, 0.2) is 59.5 Å². The molecule has 3 aromatic carbocycles. The summed E-state index contributed by atoms with van der Waals surface area (Å²) in [5.74, 6) is 0.478. The van der Waals surface area contributed by atoms with Crippen molar-refractivity contribution in [2.24, 2.45) is 0 Å². The van der Waals surface area contributed by atoms with Gasteiger partial charge in [-0.25, -0.2) is 8.42 Å². The second-order valence-corrected chi connectivity index (χ2v) is 7.17. The molecule has 0 bridgehead atoms. The first-order valence-electron chi connectivity index (χ1n) is 6.99. The Balaban J connectivity index is 2.07. The molecular formula is C17H14ClNO4S. The molecule has 0 fully saturated rings. The summed E-state index contributed by atoms with van der Waals surface area (Å²) < 4.78 is 32.7. The minimum absolute atomic E-state index is 0.0705. The van der Waals surface area contributed by atoms with Crippen LogP contribution in [0.2, 0.25) is 5.02 Å². The van der Waals surface area contributed by atoms with Crippen molar-refractivity contribution in [2.75, 3.05) is 11.8 Å². The molecule has 3 rings (SSSR count). The minimum atomic E-state index is -3.81. The smallest absolute Gasteiger partial charge is 0.261 e. The van der Waals surface area contributed by atoms with Gasteiger partial charge in [0.05, 0.1) is 22.7 Å². The number of aromatic hydroxyl groups is 1. The maximum atomic E-state index is 12.6. The first-order valence-corrected chi connectivity index (χ1v) is 8.85. The molecule has 0 unspecified atom stereocenters. The highest BCUT2D eigenvalue weighted by molar-refractivity contribution is 7.92. The van der Waals surface area contributed by atoms with Crippen LogP contribution in [0.25, 0.3) is 10.8 Å². The normalized spacial score (nSPS) is 11.4. The number of halogens is 1. The van der Waals surface area contributed by atoms with Crippen molar-refractivity contribution in [3.8, 4) is 11.5 Å². The number of benzene rings is 3. The number of sulfonamides is 1. The van der Waals surface area contributed by atoms with Crippen LogP contribution in [0, 0.1) is 0 Å². The van der Waals surface area contributed by atoms with Crippen LogP contribution in [0.4, 0.5) is 5.69 Å². The van der Waals surface area contributed by atoms with Gasteiger partial charge in [0, 0.05) is 10.8 Å². The number of phenols is 1. The van der Waals surface area contributed by atoms with Crippen molar-refractivity contribution in [3.63, 3.8) is 0 Å². The van der Waals surface area contributed by atoms with E-state index in [-0.39, 0.29) is 15.7 Å². The van der Waals surface area contributed by atoms with Gasteiger partial charge in [-0.05, 0) is 30.3 Å². The molecule has 7 heteroatoms. The summed E-state index contributed by atoms with van der Waals surface area (Å²) in [4.78, 5) is 0.0941. The maximum absolute atomic E-state index is 12.6. The topological polar surface area (TPSA) is 75.6 Å². The molecular weight excluding hydrogens is 350 g/mol. The van der Waals surface area contributed by atoms with Gasteiger partial charge in [-0.1, -0.05) is 35.9 Å². The summed E-state index contributed by atoms with van der Waals surface area (Å²) in [7, 11) is -2.30. The van der Waals surface area contributed by atoms with E-state index in [9.17, 15) is 13.5 Å². The number of hydrogen-bond acceptors (Lipinski definition) is 4. The van der Waals surface area contributed by atoms with Gasteiger partial charge in [-0.3, -0.25) is 4.72 Å². The minimum Gasteiger partial charge on any atom is -0.506 e. The highest BCUT2D eigenvalue weighted by Gasteiger charge is 2.18. The number of hydrogen-bond donors (Lipinski definition) is 2. The lowest BCUT2D eigenvalue weighted by Gasteiger charge is -2.13. The Bertz CT molecular complexity index is 1000. The van der Waals surface area contributed by atoms with Gasteiger partial charge in [0.1, 0.15) is 11.5 Å². The molecule has 0 aliphatic rings. The number of phenolic OH excluding ortho intramolecular Hbond substituents is 1. The van der Waals surface area contributed by atoms with E-state index in [1.165, 1.54) is 25.3 Å². The second kappa shape index (κ2) is 6.22. The van der Waals surface area contributed by atoms with Crippen molar-refractivity contribution in [2.45, 2.75) is 4.90 Å². The number of nitrogens with one attached hydrogen (secondary N) is 1. The molecule has 0 heterocycles. The fraction of sp³-hybridized carbons (Fsp3) is 0.0588. The number of methoxy groups -OCH3 is 1. The van der Waals surface area contributed by atoms with Gasteiger partial charge in [-0.15, -0.1) is 0 Å². The van der Waals surface area contributed by atoms with E-state index in [1.807, 2.05) is 0 Å². The van der Waals surface area contributed by atoms with Crippen LogP contribution in [0.3, 0.4) is 0 Å². The summed E-state index contributed by atoms with van der Waals surface area (Å²) in [6, 6.07) is 14.3. The Morgan fingerprint density at radius 2 is 1.67 bits per heavy atom. The molecule has 24 heavy (non-hydrogen) atoms. The Hall–Kier alpha value is -2.44. The molecule has 0 aliphatic heterocycles. The SMILES string of the molecule is COc1ccc(S(=O)(=O)Nc2cc(Cl)c(O)c3ccccc23)cc1. The molecule has 0 radical (unpaired) electrons. The van der Waals surface area contributed by atoms with Gasteiger partial charge in [0.25, 0.3) is 10.0 Å². The van der Waals surface area contributed by atoms with Crippen LogP contribution in [-0.2, 0) is 10.0 Å². The average Bonchev–Trinajstić information content (AvgIpc) is 2.59. The fourth-order valence-electron chi connectivity index (χ4n) is 2.37. The van der Waals surface area contributed by atoms with Crippen LogP contribution >= 0.6 is 11.6 Å². The Morgan fingerprint density at radius 3 is 2.29 bits per heavy atom. The van der Waals surface area contributed by atoms with E-state index in [1.54, 1.807) is 36.4 Å². The summed E-state index contributed by atoms with van der Waals surface area (Å²) in [6.07, 6.45) is 0. The lowest BCUT2D eigenvalue weighted by Crippen LogP contribution is -2.13. The molecule has 0 atom stereocenters. The zero-order chi connectivity index (χ0) is 17.3. The molecule has 2 N–H and O–H groups in total. The molecule has 0 spiro atoms. The maximum Gasteiger partial charge on any atom is 0.261 e. The van der Waals surface area contributed by atoms with Gasteiger partial charge < -0.3 is 9.84 Å². The third kappa shape index (κ3) is 2.98. The zero-order valence-corrected chi connectivity index (χ0v) is 14.2. The number of rotatable bonds is 4. The molecule has 0 saturated heterocycles. The van der Waals surface area contributed by atoms with Crippen molar-refractivity contribution >= 4 is 38.1 Å². The predicted octanol–water partition coefficient (Wildman–Crippen LogP) is 4.01. The van der Waals surface area contributed by atoms with Crippen molar-refractivity contribution in [1.82, 2.24) is 0 Å². The highest BCUT2D eigenvalue weighted by atomic mass is 35.5. The quantitative estimate of drug-likeness (QED) is 0.687. The first-order chi connectivity index (χ1) is 11.4. The third-order valence-electron chi connectivity index (χ3n) is 3.58. The molecule has 3 aromatic rings. The standard InChI is InChI=1S/C17H14ClNO4S/c1-23-11-6-8-12(9-7-11)24(21,22)19-16-10-15(18)17(20)14-5-3-2-4-13(14)16/h2-10,19-20H,1H3. The van der Waals surface area contributed by atoms with E-state index in [0.717, 1.165) is 0 Å². The predicted molar refractivity (Wildman–Crippen MR) is 94.4 cm³/mol. The molecule has 0 amide bonds. The van der Waals surface area contributed by atoms with Gasteiger partial charge in [0.15, 0.2) is 0 Å². The number of fused-ring (bicyclic) bond motifs is 1. The summed E-state index contributed by atoms with van der Waals surface area (Å²) >= 11 is 6.01. The van der Waals surface area contributed by atoms with Crippen LogP contribution < -0.4 is 9.46 Å². The van der Waals surface area contributed by atoms with Crippen molar-refractivity contribution < 1.29 is 18.3 Å². The van der Waals surface area contributed by atoms with Gasteiger partial charge in [-0.2, -0.15) is 0 Å². The van der Waals surface area contributed by atoms with Gasteiger partial charge >= 0.3 is 0 Å². The lowest BCUT2D eigenvalue weighted by atomic mass is 10.1. The van der Waals surface area contributed by atoms with Crippen molar-refractivity contribution in [3.05, 3.63) is 59.6 Å². The average molecular weight is 364 g/mol. The Morgan fingerprint density at radius 1 is 1.04 bits per heavy atom. The van der Waals surface area contributed by atoms with E-state index in [0.29, 0.717) is 22.2 Å². The molecule has 0 saturated carbocycles. The molecule has 5 nitrogen and oxygen atoms in total. The van der Waals surface area contributed by atoms with Gasteiger partial charge in [0.2, 0.25) is 0 Å². The summed E-state index contributed by atoms with van der Waals surface area (Å²) in [5.41, 5.74) is 0.296. The second-order valence-electron chi connectivity index (χ2n) is 5.08. The highest BCUT2D eigenvalue weighted by Crippen LogP contribution is 2.38. The van der Waals surface area contributed by atoms with Crippen LogP contribution in [-0.4, -0.2) is 20.6 Å². The van der Waals surface area contributed by atoms with E-state index in [2.05, 4.69) is 4.72 Å². The summed E-state index contributed by atoms with van der Waals surface area (Å²) in [6.45, 7) is 0. The van der Waals surface area contributed by atoms with Crippen LogP contribution in [0.1, 0.15) is 0 Å². The number of anilines is 1. The monoisotopic (exact) mass is 363 g/mol. The summed E-state index contributed by atoms with van der Waals surface area (Å²) in [5, 5.41) is 11.1. The molecule has 0 aromatic heterocycles.